The lowest BCUT2D eigenvalue weighted by molar-refractivity contribution is -0.379. The maximum absolute atomic E-state index is 13.1. The van der Waals surface area contributed by atoms with Crippen molar-refractivity contribution < 1.29 is 28.7 Å². The van der Waals surface area contributed by atoms with E-state index in [9.17, 15) is 23.5 Å². The number of hydrogen-bond donors (Lipinski definition) is 3. The molecule has 2 atom stereocenters. The van der Waals surface area contributed by atoms with Crippen molar-refractivity contribution in [3.8, 4) is 6.07 Å². The molecule has 1 fully saturated rings. The number of aliphatic hydroxyl groups excluding tert-OH is 1. The Morgan fingerprint density at radius 1 is 1.41 bits per heavy atom. The standard InChI is InChI=1S/C18H19F3N6O.H2O/c1-17(2)13(5-14(17)28)26-15-10(6-22)8-24-16(27-15)25-9-11-7-23-4-3-12(11)18(19,20)21;/h3-4,7-8,13-14,28H,5,9H2,1-2H3,(H2,24,25,26,27);1H2/t13-,14?;/m1./s1. The number of nitriles is 1. The van der Waals surface area contributed by atoms with Crippen LogP contribution in [0.25, 0.3) is 0 Å². The second kappa shape index (κ2) is 8.18. The highest BCUT2D eigenvalue weighted by Crippen LogP contribution is 2.42. The van der Waals surface area contributed by atoms with Gasteiger partial charge in [0, 0.05) is 29.6 Å². The lowest BCUT2D eigenvalue weighted by atomic mass is 9.64. The van der Waals surface area contributed by atoms with E-state index in [1.54, 1.807) is 0 Å². The zero-order valence-corrected chi connectivity index (χ0v) is 15.7. The van der Waals surface area contributed by atoms with E-state index in [4.69, 9.17) is 0 Å². The third kappa shape index (κ3) is 4.55. The largest absolute Gasteiger partial charge is 0.870 e. The Bertz CT molecular complexity index is 913. The molecule has 11 heteroatoms. The van der Waals surface area contributed by atoms with E-state index in [2.05, 4.69) is 25.6 Å². The zero-order valence-electron chi connectivity index (χ0n) is 15.7. The Kier molecular flexibility index (Phi) is 6.30. The van der Waals surface area contributed by atoms with Crippen LogP contribution in [0.3, 0.4) is 0 Å². The van der Waals surface area contributed by atoms with Crippen LogP contribution in [-0.4, -0.2) is 32.7 Å². The van der Waals surface area contributed by atoms with Gasteiger partial charge in [-0.2, -0.15) is 23.4 Å². The SMILES string of the molecule is CC1(C)C(O)C[C@H]1Nc1nc(NCc2c[nH+]ccc2C(F)(F)F)ncc1C#N.[OH-]. The maximum atomic E-state index is 13.1. The molecule has 1 saturated carbocycles. The molecule has 2 aromatic heterocycles. The summed E-state index contributed by atoms with van der Waals surface area (Å²) < 4.78 is 39.3. The van der Waals surface area contributed by atoms with Crippen LogP contribution in [0.2, 0.25) is 0 Å². The highest BCUT2D eigenvalue weighted by molar-refractivity contribution is 5.54. The summed E-state index contributed by atoms with van der Waals surface area (Å²) in [6.07, 6.45) is -0.634. The maximum Gasteiger partial charge on any atom is 0.417 e. The van der Waals surface area contributed by atoms with E-state index < -0.39 is 17.8 Å². The molecule has 5 N–H and O–H groups in total. The highest BCUT2D eigenvalue weighted by atomic mass is 19.4. The van der Waals surface area contributed by atoms with Gasteiger partial charge in [-0.1, -0.05) is 13.8 Å². The van der Waals surface area contributed by atoms with Gasteiger partial charge >= 0.3 is 6.18 Å². The van der Waals surface area contributed by atoms with Crippen LogP contribution in [0.1, 0.15) is 37.0 Å². The fraction of sp³-hybridized carbons (Fsp3) is 0.444. The summed E-state index contributed by atoms with van der Waals surface area (Å²) in [5.41, 5.74) is -0.907. The first kappa shape index (κ1) is 22.3. The quantitative estimate of drug-likeness (QED) is 0.687. The van der Waals surface area contributed by atoms with Crippen molar-refractivity contribution in [1.29, 1.82) is 5.26 Å². The van der Waals surface area contributed by atoms with Crippen molar-refractivity contribution in [3.63, 3.8) is 0 Å². The van der Waals surface area contributed by atoms with E-state index in [-0.39, 0.29) is 46.4 Å². The molecule has 2 aromatic rings. The summed E-state index contributed by atoms with van der Waals surface area (Å²) in [5, 5.41) is 25.0. The van der Waals surface area contributed by atoms with Gasteiger partial charge in [0.25, 0.3) is 0 Å². The molecule has 0 saturated heterocycles. The van der Waals surface area contributed by atoms with Crippen LogP contribution in [0.4, 0.5) is 24.9 Å². The molecule has 0 amide bonds. The molecule has 156 valence electrons. The number of alkyl halides is 3. The van der Waals surface area contributed by atoms with Crippen molar-refractivity contribution in [2.75, 3.05) is 10.6 Å². The Hall–Kier alpha value is -2.97. The molecule has 0 radical (unpaired) electrons. The first-order chi connectivity index (χ1) is 13.1. The number of aromatic amines is 1. The molecule has 1 aliphatic rings. The minimum absolute atomic E-state index is 0. The number of aliphatic hydroxyl groups is 1. The van der Waals surface area contributed by atoms with E-state index in [1.165, 1.54) is 18.6 Å². The van der Waals surface area contributed by atoms with Crippen LogP contribution in [0.15, 0.2) is 24.7 Å². The monoisotopic (exact) mass is 410 g/mol. The van der Waals surface area contributed by atoms with Crippen LogP contribution >= 0.6 is 0 Å². The molecular formula is C18H21F3N6O2. The third-order valence-electron chi connectivity index (χ3n) is 5.13. The molecule has 29 heavy (non-hydrogen) atoms. The normalized spacial score (nSPS) is 20.0. The van der Waals surface area contributed by atoms with Crippen LogP contribution in [-0.2, 0) is 12.7 Å². The minimum Gasteiger partial charge on any atom is -0.870 e. The summed E-state index contributed by atoms with van der Waals surface area (Å²) in [6, 6.07) is 2.87. The number of nitrogens with zero attached hydrogens (tertiary/aromatic N) is 3. The van der Waals surface area contributed by atoms with Crippen molar-refractivity contribution >= 4 is 11.8 Å². The lowest BCUT2D eigenvalue weighted by Gasteiger charge is -2.49. The minimum atomic E-state index is -4.47. The smallest absolute Gasteiger partial charge is 0.417 e. The fourth-order valence-corrected chi connectivity index (χ4v) is 3.03. The van der Waals surface area contributed by atoms with Crippen LogP contribution in [0, 0.1) is 16.7 Å². The molecule has 1 aliphatic carbocycles. The fourth-order valence-electron chi connectivity index (χ4n) is 3.03. The van der Waals surface area contributed by atoms with Gasteiger partial charge in [-0.25, -0.2) is 9.97 Å². The molecule has 0 aliphatic heterocycles. The predicted octanol–water partition coefficient (Wildman–Crippen LogP) is 2.19. The summed E-state index contributed by atoms with van der Waals surface area (Å²) in [5.74, 6) is 0.372. The van der Waals surface area contributed by atoms with E-state index in [0.29, 0.717) is 6.42 Å². The van der Waals surface area contributed by atoms with E-state index in [1.807, 2.05) is 19.9 Å². The van der Waals surface area contributed by atoms with Crippen LogP contribution in [0.5, 0.6) is 0 Å². The number of nitrogens with one attached hydrogen (secondary N) is 3. The van der Waals surface area contributed by atoms with Gasteiger partial charge in [-0.3, -0.25) is 0 Å². The molecule has 0 aromatic carbocycles. The molecule has 2 heterocycles. The van der Waals surface area contributed by atoms with Crippen molar-refractivity contribution in [2.45, 2.75) is 45.1 Å². The summed E-state index contributed by atoms with van der Waals surface area (Å²) in [7, 11) is 0. The number of halogens is 3. The van der Waals surface area contributed by atoms with Crippen molar-refractivity contribution in [2.24, 2.45) is 5.41 Å². The number of anilines is 2. The number of pyridine rings is 1. The number of rotatable bonds is 5. The predicted molar refractivity (Wildman–Crippen MR) is 95.8 cm³/mol. The molecule has 1 unspecified atom stereocenters. The first-order valence-electron chi connectivity index (χ1n) is 8.64. The van der Waals surface area contributed by atoms with Crippen molar-refractivity contribution in [3.05, 3.63) is 41.3 Å². The topological polar surface area (TPSA) is 138 Å². The molecule has 8 nitrogen and oxygen atoms in total. The molecular weight excluding hydrogens is 389 g/mol. The number of H-pyrrole nitrogens is 1. The second-order valence-electron chi connectivity index (χ2n) is 7.27. The summed E-state index contributed by atoms with van der Waals surface area (Å²) in [4.78, 5) is 10.9. The Balaban J connectivity index is 0.00000300. The van der Waals surface area contributed by atoms with Gasteiger partial charge in [-0.15, -0.1) is 0 Å². The number of aromatic nitrogens is 3. The first-order valence-corrected chi connectivity index (χ1v) is 8.64. The van der Waals surface area contributed by atoms with E-state index in [0.717, 1.165) is 6.07 Å². The molecule has 3 rings (SSSR count). The Morgan fingerprint density at radius 2 is 2.14 bits per heavy atom. The van der Waals surface area contributed by atoms with Gasteiger partial charge in [0.15, 0.2) is 12.4 Å². The van der Waals surface area contributed by atoms with Gasteiger partial charge in [-0.05, 0) is 6.42 Å². The zero-order chi connectivity index (χ0) is 20.5. The van der Waals surface area contributed by atoms with Crippen molar-refractivity contribution in [1.82, 2.24) is 9.97 Å². The number of hydrogen-bond acceptors (Lipinski definition) is 7. The van der Waals surface area contributed by atoms with Gasteiger partial charge in [0.05, 0.1) is 17.9 Å². The Labute approximate surface area is 165 Å². The van der Waals surface area contributed by atoms with Gasteiger partial charge in [0.2, 0.25) is 5.95 Å². The van der Waals surface area contributed by atoms with E-state index >= 15 is 0 Å². The molecule has 0 spiro atoms. The van der Waals surface area contributed by atoms with Gasteiger partial charge < -0.3 is 21.2 Å². The summed E-state index contributed by atoms with van der Waals surface area (Å²) >= 11 is 0. The lowest BCUT2D eigenvalue weighted by Crippen LogP contribution is -2.57. The Morgan fingerprint density at radius 3 is 2.72 bits per heavy atom. The second-order valence-corrected chi connectivity index (χ2v) is 7.27. The summed E-state index contributed by atoms with van der Waals surface area (Å²) in [6.45, 7) is 3.65. The van der Waals surface area contributed by atoms with Gasteiger partial charge in [0.1, 0.15) is 17.5 Å². The third-order valence-corrected chi connectivity index (χ3v) is 5.13. The molecule has 0 bridgehead atoms. The average molecular weight is 410 g/mol. The van der Waals surface area contributed by atoms with Crippen LogP contribution < -0.4 is 15.6 Å². The highest BCUT2D eigenvalue weighted by Gasteiger charge is 2.47. The average Bonchev–Trinajstić information content (AvgIpc) is 2.65.